The van der Waals surface area contributed by atoms with Crippen LogP contribution in [0, 0.1) is 13.8 Å². The lowest BCUT2D eigenvalue weighted by Gasteiger charge is -2.06. The van der Waals surface area contributed by atoms with Gasteiger partial charge in [-0.25, -0.2) is 14.6 Å². The summed E-state index contributed by atoms with van der Waals surface area (Å²) in [4.78, 5) is 10.2. The Labute approximate surface area is 146 Å². The third kappa shape index (κ3) is 2.53. The Morgan fingerprint density at radius 2 is 1.88 bits per heavy atom. The Balaban J connectivity index is 1.91. The van der Waals surface area contributed by atoms with Gasteiger partial charge in [0.2, 0.25) is 5.16 Å². The number of thiophene rings is 1. The van der Waals surface area contributed by atoms with Gasteiger partial charge >= 0.3 is 0 Å². The number of nitrogens with two attached hydrogens (primary N) is 1. The third-order valence-corrected chi connectivity index (χ3v) is 5.44. The first-order valence-electron chi connectivity index (χ1n) is 7.29. The summed E-state index contributed by atoms with van der Waals surface area (Å²) < 4.78 is 1.47. The minimum Gasteiger partial charge on any atom is -0.336 e. The highest BCUT2D eigenvalue weighted by Crippen LogP contribution is 2.39. The van der Waals surface area contributed by atoms with Crippen LogP contribution in [0.4, 0.5) is 0 Å². The van der Waals surface area contributed by atoms with E-state index in [1.165, 1.54) is 16.4 Å². The number of aromatic nitrogens is 5. The molecule has 0 unspecified atom stereocenters. The molecule has 0 saturated heterocycles. The van der Waals surface area contributed by atoms with Crippen LogP contribution in [0.5, 0.6) is 0 Å². The standard InChI is InChI=1S/C16H14N6S2/c1-9-18-14-13(12(8-23-14)11-6-4-3-5-7-11)15(19-9)24-16-21-20-10(2)22(16)17/h3-8H,17H2,1-2H3. The highest BCUT2D eigenvalue weighted by molar-refractivity contribution is 7.99. The van der Waals surface area contributed by atoms with Gasteiger partial charge in [-0.15, -0.1) is 21.5 Å². The van der Waals surface area contributed by atoms with E-state index < -0.39 is 0 Å². The smallest absolute Gasteiger partial charge is 0.216 e. The van der Waals surface area contributed by atoms with Gasteiger partial charge < -0.3 is 5.84 Å². The molecule has 2 N–H and O–H groups in total. The van der Waals surface area contributed by atoms with Crippen molar-refractivity contribution in [2.24, 2.45) is 0 Å². The highest BCUT2D eigenvalue weighted by Gasteiger charge is 2.17. The molecular weight excluding hydrogens is 340 g/mol. The molecule has 0 amide bonds. The molecule has 24 heavy (non-hydrogen) atoms. The minimum absolute atomic E-state index is 0.608. The molecule has 0 spiro atoms. The summed E-state index contributed by atoms with van der Waals surface area (Å²) in [5.74, 6) is 7.38. The zero-order chi connectivity index (χ0) is 16.7. The molecule has 0 aliphatic heterocycles. The Hall–Kier alpha value is -2.45. The SMILES string of the molecule is Cc1nc(Sc2nnc(C)n2N)c2c(-c3ccccc3)csc2n1. The first kappa shape index (κ1) is 15.1. The molecule has 0 radical (unpaired) electrons. The van der Waals surface area contributed by atoms with Gasteiger partial charge in [0.25, 0.3) is 0 Å². The van der Waals surface area contributed by atoms with Crippen molar-refractivity contribution < 1.29 is 0 Å². The van der Waals surface area contributed by atoms with Crippen molar-refractivity contribution in [3.63, 3.8) is 0 Å². The Morgan fingerprint density at radius 3 is 2.58 bits per heavy atom. The number of rotatable bonds is 3. The van der Waals surface area contributed by atoms with Crippen LogP contribution >= 0.6 is 23.1 Å². The van der Waals surface area contributed by atoms with Crippen molar-refractivity contribution in [3.05, 3.63) is 47.4 Å². The fourth-order valence-corrected chi connectivity index (χ4v) is 4.45. The van der Waals surface area contributed by atoms with E-state index >= 15 is 0 Å². The van der Waals surface area contributed by atoms with Gasteiger partial charge in [0.1, 0.15) is 21.5 Å². The monoisotopic (exact) mass is 354 g/mol. The third-order valence-electron chi connectivity index (χ3n) is 3.62. The number of hydrogen-bond donors (Lipinski definition) is 1. The average Bonchev–Trinajstić information content (AvgIpc) is 3.14. The molecule has 0 aliphatic carbocycles. The molecule has 0 fully saturated rings. The van der Waals surface area contributed by atoms with Crippen LogP contribution < -0.4 is 5.84 Å². The van der Waals surface area contributed by atoms with Crippen molar-refractivity contribution in [1.29, 1.82) is 0 Å². The van der Waals surface area contributed by atoms with Gasteiger partial charge in [-0.1, -0.05) is 30.3 Å². The molecule has 6 nitrogen and oxygen atoms in total. The van der Waals surface area contributed by atoms with Crippen LogP contribution in [0.1, 0.15) is 11.6 Å². The van der Waals surface area contributed by atoms with Crippen LogP contribution in [-0.2, 0) is 0 Å². The highest BCUT2D eigenvalue weighted by atomic mass is 32.2. The molecule has 0 saturated carbocycles. The van der Waals surface area contributed by atoms with E-state index in [0.29, 0.717) is 11.0 Å². The number of aryl methyl sites for hydroxylation is 2. The van der Waals surface area contributed by atoms with E-state index in [-0.39, 0.29) is 0 Å². The quantitative estimate of drug-likeness (QED) is 0.448. The lowest BCUT2D eigenvalue weighted by molar-refractivity contribution is 0.823. The number of fused-ring (bicyclic) bond motifs is 1. The summed E-state index contributed by atoms with van der Waals surface area (Å²) in [7, 11) is 0. The summed E-state index contributed by atoms with van der Waals surface area (Å²) in [6, 6.07) is 10.2. The largest absolute Gasteiger partial charge is 0.336 e. The molecule has 120 valence electrons. The van der Waals surface area contributed by atoms with Crippen molar-refractivity contribution in [2.45, 2.75) is 24.0 Å². The second-order valence-electron chi connectivity index (χ2n) is 5.27. The second kappa shape index (κ2) is 5.88. The molecule has 3 heterocycles. The van der Waals surface area contributed by atoms with Gasteiger partial charge in [-0.2, -0.15) is 0 Å². The zero-order valence-electron chi connectivity index (χ0n) is 13.1. The van der Waals surface area contributed by atoms with Crippen molar-refractivity contribution >= 4 is 33.3 Å². The van der Waals surface area contributed by atoms with Gasteiger partial charge in [0.15, 0.2) is 0 Å². The van der Waals surface area contributed by atoms with Crippen molar-refractivity contribution in [3.8, 4) is 11.1 Å². The molecule has 3 aromatic heterocycles. The van der Waals surface area contributed by atoms with Crippen molar-refractivity contribution in [2.75, 3.05) is 5.84 Å². The Morgan fingerprint density at radius 1 is 1.08 bits per heavy atom. The number of nitrogen functional groups attached to an aromatic ring is 1. The minimum atomic E-state index is 0.608. The number of hydrogen-bond acceptors (Lipinski definition) is 7. The number of nitrogens with zero attached hydrogens (tertiary/aromatic N) is 5. The van der Waals surface area contributed by atoms with E-state index in [4.69, 9.17) is 5.84 Å². The topological polar surface area (TPSA) is 82.5 Å². The van der Waals surface area contributed by atoms with Crippen LogP contribution in [0.2, 0.25) is 0 Å². The maximum Gasteiger partial charge on any atom is 0.216 e. The Bertz CT molecular complexity index is 1020. The summed E-state index contributed by atoms with van der Waals surface area (Å²) in [5, 5.41) is 12.7. The van der Waals surface area contributed by atoms with E-state index in [9.17, 15) is 0 Å². The number of benzene rings is 1. The average molecular weight is 354 g/mol. The Kier molecular flexibility index (Phi) is 3.70. The fraction of sp³-hybridized carbons (Fsp3) is 0.125. The summed E-state index contributed by atoms with van der Waals surface area (Å²) in [5.41, 5.74) is 2.27. The van der Waals surface area contributed by atoms with E-state index in [1.807, 2.05) is 32.0 Å². The first-order valence-corrected chi connectivity index (χ1v) is 8.99. The molecule has 8 heteroatoms. The van der Waals surface area contributed by atoms with Crippen LogP contribution in [0.25, 0.3) is 21.3 Å². The van der Waals surface area contributed by atoms with Gasteiger partial charge in [-0.05, 0) is 31.2 Å². The second-order valence-corrected chi connectivity index (χ2v) is 7.09. The maximum absolute atomic E-state index is 5.99. The summed E-state index contributed by atoms with van der Waals surface area (Å²) >= 11 is 3.03. The van der Waals surface area contributed by atoms with Gasteiger partial charge in [-0.3, -0.25) is 0 Å². The molecule has 1 aromatic carbocycles. The molecule has 4 aromatic rings. The molecule has 4 rings (SSSR count). The lowest BCUT2D eigenvalue weighted by Crippen LogP contribution is -2.11. The van der Waals surface area contributed by atoms with Crippen LogP contribution in [0.15, 0.2) is 45.9 Å². The normalized spacial score (nSPS) is 11.2. The van der Waals surface area contributed by atoms with Crippen LogP contribution in [-0.4, -0.2) is 24.8 Å². The zero-order valence-corrected chi connectivity index (χ0v) is 14.7. The van der Waals surface area contributed by atoms with Gasteiger partial charge in [0, 0.05) is 10.9 Å². The molecule has 0 aliphatic rings. The van der Waals surface area contributed by atoms with Crippen LogP contribution in [0.3, 0.4) is 0 Å². The molecule has 0 atom stereocenters. The van der Waals surface area contributed by atoms with Gasteiger partial charge in [0.05, 0.1) is 5.39 Å². The maximum atomic E-state index is 5.99. The molecular formula is C16H14N6S2. The van der Waals surface area contributed by atoms with E-state index in [1.54, 1.807) is 11.3 Å². The first-order chi connectivity index (χ1) is 11.6. The van der Waals surface area contributed by atoms with E-state index in [2.05, 4.69) is 37.7 Å². The lowest BCUT2D eigenvalue weighted by atomic mass is 10.1. The molecule has 0 bridgehead atoms. The predicted octanol–water partition coefficient (Wildman–Crippen LogP) is 3.43. The summed E-state index contributed by atoms with van der Waals surface area (Å²) in [6.07, 6.45) is 0. The van der Waals surface area contributed by atoms with E-state index in [0.717, 1.165) is 32.2 Å². The predicted molar refractivity (Wildman–Crippen MR) is 96.6 cm³/mol. The summed E-state index contributed by atoms with van der Waals surface area (Å²) in [6.45, 7) is 3.71. The van der Waals surface area contributed by atoms with Crippen molar-refractivity contribution in [1.82, 2.24) is 24.8 Å². The fourth-order valence-electron chi connectivity index (χ4n) is 2.42.